The largest absolute Gasteiger partial charge is 0.465 e. The molecular weight excluding hydrogens is 410 g/mol. The number of piperidine rings is 1. The molecule has 0 bridgehead atoms. The van der Waals surface area contributed by atoms with Gasteiger partial charge in [0.1, 0.15) is 0 Å². The highest BCUT2D eigenvalue weighted by Gasteiger charge is 2.35. The van der Waals surface area contributed by atoms with Gasteiger partial charge in [0.25, 0.3) is 0 Å². The maximum absolute atomic E-state index is 13.2. The Balaban J connectivity index is 1.85. The highest BCUT2D eigenvalue weighted by molar-refractivity contribution is 7.98. The number of carbonyl (C=O) groups is 2. The van der Waals surface area contributed by atoms with Crippen molar-refractivity contribution in [2.24, 2.45) is 5.92 Å². The number of hydrogen-bond donors (Lipinski definition) is 0. The predicted octanol–water partition coefficient (Wildman–Crippen LogP) is 3.48. The molecule has 0 radical (unpaired) electrons. The zero-order chi connectivity index (χ0) is 21.0. The summed E-state index contributed by atoms with van der Waals surface area (Å²) in [5, 5.41) is 0. The van der Waals surface area contributed by atoms with Crippen LogP contribution in [-0.2, 0) is 14.8 Å². The first kappa shape index (κ1) is 21.5. The predicted molar refractivity (Wildman–Crippen MR) is 112 cm³/mol. The summed E-state index contributed by atoms with van der Waals surface area (Å²) in [6.45, 7) is 0.411. The van der Waals surface area contributed by atoms with E-state index in [1.54, 1.807) is 36.0 Å². The van der Waals surface area contributed by atoms with Crippen molar-refractivity contribution < 1.29 is 22.7 Å². The minimum Gasteiger partial charge on any atom is -0.465 e. The first-order valence-electron chi connectivity index (χ1n) is 9.24. The molecule has 0 spiro atoms. The molecule has 2 aromatic carbocycles. The second-order valence-electron chi connectivity index (χ2n) is 6.78. The van der Waals surface area contributed by atoms with Gasteiger partial charge in [0.05, 0.1) is 17.6 Å². The monoisotopic (exact) mass is 433 g/mol. The van der Waals surface area contributed by atoms with Gasteiger partial charge in [-0.1, -0.05) is 24.3 Å². The van der Waals surface area contributed by atoms with E-state index in [9.17, 15) is 18.0 Å². The molecule has 2 aromatic rings. The molecule has 6 nitrogen and oxygen atoms in total. The molecule has 0 saturated carbocycles. The molecule has 1 fully saturated rings. The Kier molecular flexibility index (Phi) is 6.77. The maximum atomic E-state index is 13.2. The number of benzene rings is 2. The fraction of sp³-hybridized carbons (Fsp3) is 0.333. The van der Waals surface area contributed by atoms with Gasteiger partial charge in [-0.05, 0) is 43.4 Å². The normalized spacial score (nSPS) is 17.7. The molecule has 1 aliphatic heterocycles. The third-order valence-corrected chi connectivity index (χ3v) is 7.71. The van der Waals surface area contributed by atoms with E-state index >= 15 is 0 Å². The van der Waals surface area contributed by atoms with Gasteiger partial charge in [-0.3, -0.25) is 4.79 Å². The van der Waals surface area contributed by atoms with Crippen LogP contribution in [0.3, 0.4) is 0 Å². The summed E-state index contributed by atoms with van der Waals surface area (Å²) < 4.78 is 32.5. The van der Waals surface area contributed by atoms with Crippen molar-refractivity contribution in [2.45, 2.75) is 22.6 Å². The molecule has 8 heteroatoms. The average Bonchev–Trinajstić information content (AvgIpc) is 2.78. The van der Waals surface area contributed by atoms with Crippen LogP contribution in [0.25, 0.3) is 0 Å². The number of thioether (sulfide) groups is 1. The Morgan fingerprint density at radius 2 is 1.79 bits per heavy atom. The van der Waals surface area contributed by atoms with E-state index in [0.717, 1.165) is 4.90 Å². The number of Topliss-reactive ketones (excluding diaryl/α,β-unsaturated/α-hetero) is 1. The van der Waals surface area contributed by atoms with Gasteiger partial charge in [0, 0.05) is 29.5 Å². The third kappa shape index (κ3) is 4.55. The summed E-state index contributed by atoms with van der Waals surface area (Å²) in [5.41, 5.74) is 0.582. The molecule has 0 aliphatic carbocycles. The molecule has 0 amide bonds. The van der Waals surface area contributed by atoms with Crippen molar-refractivity contribution in [3.8, 4) is 0 Å². The van der Waals surface area contributed by atoms with E-state index in [1.807, 2.05) is 18.4 Å². The van der Waals surface area contributed by atoms with Crippen LogP contribution in [0.4, 0.5) is 0 Å². The first-order valence-corrected chi connectivity index (χ1v) is 11.9. The SMILES string of the molecule is COC(=O)c1ccccc1S(=O)(=O)N1CCCC(C(=O)c2ccc(SC)cc2)C1. The highest BCUT2D eigenvalue weighted by atomic mass is 32.2. The second-order valence-corrected chi connectivity index (χ2v) is 9.57. The molecule has 0 aromatic heterocycles. The number of rotatable bonds is 6. The molecule has 1 heterocycles. The lowest BCUT2D eigenvalue weighted by atomic mass is 9.91. The number of sulfonamides is 1. The summed E-state index contributed by atoms with van der Waals surface area (Å²) in [4.78, 5) is 25.9. The van der Waals surface area contributed by atoms with E-state index in [4.69, 9.17) is 4.74 Å². The van der Waals surface area contributed by atoms with Crippen LogP contribution in [0.2, 0.25) is 0 Å². The summed E-state index contributed by atoms with van der Waals surface area (Å²) in [6, 6.07) is 13.3. The summed E-state index contributed by atoms with van der Waals surface area (Å²) in [7, 11) is -2.72. The molecule has 0 N–H and O–H groups in total. The summed E-state index contributed by atoms with van der Waals surface area (Å²) in [6.07, 6.45) is 3.18. The fourth-order valence-corrected chi connectivity index (χ4v) is 5.59. The van der Waals surface area contributed by atoms with Crippen LogP contribution >= 0.6 is 11.8 Å². The molecule has 29 heavy (non-hydrogen) atoms. The number of ketones is 1. The van der Waals surface area contributed by atoms with Crippen molar-refractivity contribution in [2.75, 3.05) is 26.5 Å². The van der Waals surface area contributed by atoms with Gasteiger partial charge < -0.3 is 4.74 Å². The van der Waals surface area contributed by atoms with Gasteiger partial charge in [-0.15, -0.1) is 11.8 Å². The average molecular weight is 434 g/mol. The molecule has 1 aliphatic rings. The maximum Gasteiger partial charge on any atom is 0.339 e. The van der Waals surface area contributed by atoms with Crippen LogP contribution in [-0.4, -0.2) is 50.9 Å². The van der Waals surface area contributed by atoms with Gasteiger partial charge >= 0.3 is 5.97 Å². The second kappa shape index (κ2) is 9.11. The van der Waals surface area contributed by atoms with Crippen molar-refractivity contribution in [1.29, 1.82) is 0 Å². The first-order chi connectivity index (χ1) is 13.9. The van der Waals surface area contributed by atoms with Gasteiger partial charge in [-0.25, -0.2) is 13.2 Å². The number of nitrogens with zero attached hydrogens (tertiary/aromatic N) is 1. The topological polar surface area (TPSA) is 80.8 Å². The van der Waals surface area contributed by atoms with E-state index in [2.05, 4.69) is 0 Å². The number of esters is 1. The van der Waals surface area contributed by atoms with Crippen molar-refractivity contribution >= 4 is 33.5 Å². The fourth-order valence-electron chi connectivity index (χ4n) is 3.47. The molecule has 154 valence electrons. The van der Waals surface area contributed by atoms with Gasteiger partial charge in [-0.2, -0.15) is 4.31 Å². The lowest BCUT2D eigenvalue weighted by Gasteiger charge is -2.31. The number of hydrogen-bond acceptors (Lipinski definition) is 6. The quantitative estimate of drug-likeness (QED) is 0.394. The summed E-state index contributed by atoms with van der Waals surface area (Å²) in [5.74, 6) is -1.18. The van der Waals surface area contributed by atoms with E-state index in [1.165, 1.54) is 23.5 Å². The van der Waals surface area contributed by atoms with Gasteiger partial charge in [0.2, 0.25) is 10.0 Å². The Bertz CT molecular complexity index is 1000. The Hall–Kier alpha value is -2.16. The standard InChI is InChI=1S/C21H23NO5S2/c1-27-21(24)18-7-3-4-8-19(18)29(25,26)22-13-5-6-16(14-22)20(23)15-9-11-17(28-2)12-10-15/h3-4,7-12,16H,5-6,13-14H2,1-2H3. The molecule has 1 atom stereocenters. The minimum absolute atomic E-state index is 0.00361. The number of ether oxygens (including phenoxy) is 1. The molecule has 3 rings (SSSR count). The van der Waals surface area contributed by atoms with Crippen molar-refractivity contribution in [3.05, 3.63) is 59.7 Å². The van der Waals surface area contributed by atoms with Crippen LogP contribution in [0, 0.1) is 5.92 Å². The zero-order valence-corrected chi connectivity index (χ0v) is 18.0. The van der Waals surface area contributed by atoms with E-state index in [-0.39, 0.29) is 22.8 Å². The van der Waals surface area contributed by atoms with E-state index in [0.29, 0.717) is 24.9 Å². The minimum atomic E-state index is -3.93. The van der Waals surface area contributed by atoms with Crippen LogP contribution in [0.15, 0.2) is 58.3 Å². The third-order valence-electron chi connectivity index (χ3n) is 5.04. The Labute approximate surface area is 175 Å². The van der Waals surface area contributed by atoms with Crippen molar-refractivity contribution in [1.82, 2.24) is 4.31 Å². The zero-order valence-electron chi connectivity index (χ0n) is 16.3. The Morgan fingerprint density at radius 3 is 2.45 bits per heavy atom. The molecular formula is C21H23NO5S2. The Morgan fingerprint density at radius 1 is 1.10 bits per heavy atom. The van der Waals surface area contributed by atoms with Crippen LogP contribution < -0.4 is 0 Å². The highest BCUT2D eigenvalue weighted by Crippen LogP contribution is 2.28. The lowest BCUT2D eigenvalue weighted by Crippen LogP contribution is -2.42. The number of methoxy groups -OCH3 is 1. The van der Waals surface area contributed by atoms with Crippen LogP contribution in [0.5, 0.6) is 0 Å². The lowest BCUT2D eigenvalue weighted by molar-refractivity contribution is 0.0595. The molecule has 1 unspecified atom stereocenters. The summed E-state index contributed by atoms with van der Waals surface area (Å²) >= 11 is 1.60. The van der Waals surface area contributed by atoms with Crippen molar-refractivity contribution in [3.63, 3.8) is 0 Å². The van der Waals surface area contributed by atoms with E-state index < -0.39 is 21.9 Å². The number of carbonyl (C=O) groups excluding carboxylic acids is 2. The molecule has 1 saturated heterocycles. The smallest absolute Gasteiger partial charge is 0.339 e. The van der Waals surface area contributed by atoms with Crippen LogP contribution in [0.1, 0.15) is 33.6 Å². The van der Waals surface area contributed by atoms with Gasteiger partial charge in [0.15, 0.2) is 5.78 Å².